The number of imide groups is 1. The van der Waals surface area contributed by atoms with Crippen LogP contribution >= 0.6 is 15.9 Å². The van der Waals surface area contributed by atoms with E-state index in [0.717, 1.165) is 10.0 Å². The highest BCUT2D eigenvalue weighted by molar-refractivity contribution is 9.10. The second-order valence-electron chi connectivity index (χ2n) is 5.73. The van der Waals surface area contributed by atoms with Gasteiger partial charge in [-0.25, -0.2) is 0 Å². The van der Waals surface area contributed by atoms with Gasteiger partial charge in [0.15, 0.2) is 0 Å². The van der Waals surface area contributed by atoms with Gasteiger partial charge in [0.2, 0.25) is 11.8 Å². The molecule has 118 valence electrons. The molecule has 0 unspecified atom stereocenters. The number of hydrogen-bond donors (Lipinski definition) is 1. The Morgan fingerprint density at radius 2 is 1.82 bits per heavy atom. The molecule has 2 rings (SSSR count). The van der Waals surface area contributed by atoms with Crippen LogP contribution in [0.4, 0.5) is 0 Å². The topological polar surface area (TPSA) is 66.5 Å². The molecule has 0 bridgehead atoms. The van der Waals surface area contributed by atoms with E-state index in [1.165, 1.54) is 4.90 Å². The van der Waals surface area contributed by atoms with Crippen molar-refractivity contribution in [2.75, 3.05) is 0 Å². The second kappa shape index (κ2) is 6.60. The summed E-state index contributed by atoms with van der Waals surface area (Å²) in [6, 6.07) is 6.51. The SMILES string of the molecule is CC(C)N1C(=O)C[C@H](NC(=O)[C@@H](C)c2ccc(Br)cc2)C1=O. The molecule has 1 aromatic carbocycles. The average Bonchev–Trinajstić information content (AvgIpc) is 2.73. The lowest BCUT2D eigenvalue weighted by atomic mass is 10.00. The first-order valence-corrected chi connectivity index (χ1v) is 8.02. The molecule has 1 aliphatic rings. The lowest BCUT2D eigenvalue weighted by Gasteiger charge is -2.20. The maximum Gasteiger partial charge on any atom is 0.252 e. The van der Waals surface area contributed by atoms with E-state index in [0.29, 0.717) is 0 Å². The maximum atomic E-state index is 12.3. The number of likely N-dealkylation sites (tertiary alicyclic amines) is 1. The molecule has 3 amide bonds. The molecule has 5 nitrogen and oxygen atoms in total. The van der Waals surface area contributed by atoms with Crippen LogP contribution in [0.2, 0.25) is 0 Å². The van der Waals surface area contributed by atoms with Crippen molar-refractivity contribution in [3.63, 3.8) is 0 Å². The maximum absolute atomic E-state index is 12.3. The van der Waals surface area contributed by atoms with Crippen molar-refractivity contribution < 1.29 is 14.4 Å². The summed E-state index contributed by atoms with van der Waals surface area (Å²) in [7, 11) is 0. The Bertz CT molecular complexity index is 598. The minimum absolute atomic E-state index is 0.0375. The van der Waals surface area contributed by atoms with Crippen molar-refractivity contribution >= 4 is 33.7 Å². The van der Waals surface area contributed by atoms with Gasteiger partial charge < -0.3 is 5.32 Å². The molecular weight excluding hydrogens is 348 g/mol. The van der Waals surface area contributed by atoms with Crippen molar-refractivity contribution in [3.8, 4) is 0 Å². The van der Waals surface area contributed by atoms with Crippen LogP contribution in [-0.4, -0.2) is 34.7 Å². The Balaban J connectivity index is 2.04. The second-order valence-corrected chi connectivity index (χ2v) is 6.65. The number of halogens is 1. The van der Waals surface area contributed by atoms with E-state index in [1.54, 1.807) is 20.8 Å². The number of benzene rings is 1. The molecule has 0 saturated carbocycles. The lowest BCUT2D eigenvalue weighted by molar-refractivity contribution is -0.141. The molecule has 0 spiro atoms. The molecule has 1 aliphatic heterocycles. The number of nitrogens with zero attached hydrogens (tertiary/aromatic N) is 1. The summed E-state index contributed by atoms with van der Waals surface area (Å²) in [4.78, 5) is 37.6. The van der Waals surface area contributed by atoms with Gasteiger partial charge in [-0.2, -0.15) is 0 Å². The summed E-state index contributed by atoms with van der Waals surface area (Å²) in [5.41, 5.74) is 0.859. The van der Waals surface area contributed by atoms with Crippen molar-refractivity contribution in [1.29, 1.82) is 0 Å². The van der Waals surface area contributed by atoms with E-state index in [-0.39, 0.29) is 36.1 Å². The van der Waals surface area contributed by atoms with Crippen molar-refractivity contribution in [2.45, 2.75) is 45.2 Å². The van der Waals surface area contributed by atoms with Gasteiger partial charge in [0, 0.05) is 10.5 Å². The minimum Gasteiger partial charge on any atom is -0.343 e. The summed E-state index contributed by atoms with van der Waals surface area (Å²) in [5, 5.41) is 2.69. The van der Waals surface area contributed by atoms with Crippen LogP contribution in [0.1, 0.15) is 38.7 Å². The van der Waals surface area contributed by atoms with Gasteiger partial charge in [-0.15, -0.1) is 0 Å². The number of carbonyl (C=O) groups is 3. The van der Waals surface area contributed by atoms with Gasteiger partial charge >= 0.3 is 0 Å². The third-order valence-electron chi connectivity index (χ3n) is 3.78. The summed E-state index contributed by atoms with van der Waals surface area (Å²) < 4.78 is 0.938. The summed E-state index contributed by atoms with van der Waals surface area (Å²) in [6.45, 7) is 5.34. The summed E-state index contributed by atoms with van der Waals surface area (Å²) in [6.07, 6.45) is 0.0375. The zero-order valence-electron chi connectivity index (χ0n) is 12.8. The van der Waals surface area contributed by atoms with Gasteiger partial charge in [-0.1, -0.05) is 28.1 Å². The molecule has 2 atom stereocenters. The molecule has 1 heterocycles. The van der Waals surface area contributed by atoms with E-state index in [1.807, 2.05) is 24.3 Å². The van der Waals surface area contributed by atoms with Crippen LogP contribution in [0, 0.1) is 0 Å². The zero-order valence-corrected chi connectivity index (χ0v) is 14.4. The Morgan fingerprint density at radius 1 is 1.23 bits per heavy atom. The van der Waals surface area contributed by atoms with Crippen molar-refractivity contribution in [1.82, 2.24) is 10.2 Å². The Labute approximate surface area is 138 Å². The van der Waals surface area contributed by atoms with E-state index in [4.69, 9.17) is 0 Å². The van der Waals surface area contributed by atoms with Crippen molar-refractivity contribution in [3.05, 3.63) is 34.3 Å². The summed E-state index contributed by atoms with van der Waals surface area (Å²) >= 11 is 3.35. The number of hydrogen-bond acceptors (Lipinski definition) is 3. The molecule has 1 saturated heterocycles. The van der Waals surface area contributed by atoms with E-state index >= 15 is 0 Å². The van der Waals surface area contributed by atoms with Gasteiger partial charge in [-0.05, 0) is 38.5 Å². The first kappa shape index (κ1) is 16.7. The fourth-order valence-electron chi connectivity index (χ4n) is 2.51. The molecule has 6 heteroatoms. The van der Waals surface area contributed by atoms with Crippen LogP contribution < -0.4 is 5.32 Å². The quantitative estimate of drug-likeness (QED) is 0.830. The van der Waals surface area contributed by atoms with Crippen LogP contribution in [0.5, 0.6) is 0 Å². The zero-order chi connectivity index (χ0) is 16.4. The van der Waals surface area contributed by atoms with Crippen LogP contribution in [0.3, 0.4) is 0 Å². The normalized spacial score (nSPS) is 19.7. The van der Waals surface area contributed by atoms with E-state index in [2.05, 4.69) is 21.2 Å². The Morgan fingerprint density at radius 3 is 2.32 bits per heavy atom. The monoisotopic (exact) mass is 366 g/mol. The standard InChI is InChI=1S/C16H19BrN2O3/c1-9(2)19-14(20)8-13(16(19)22)18-15(21)10(3)11-4-6-12(17)7-5-11/h4-7,9-10,13H,8H2,1-3H3,(H,18,21)/t10-,13-/m0/s1. The smallest absolute Gasteiger partial charge is 0.252 e. The molecule has 0 radical (unpaired) electrons. The molecule has 1 aromatic rings. The lowest BCUT2D eigenvalue weighted by Crippen LogP contribution is -2.44. The molecule has 1 N–H and O–H groups in total. The first-order chi connectivity index (χ1) is 10.3. The minimum atomic E-state index is -0.750. The predicted octanol–water partition coefficient (Wildman–Crippen LogP) is 2.20. The average molecular weight is 367 g/mol. The number of carbonyl (C=O) groups excluding carboxylic acids is 3. The number of rotatable bonds is 4. The number of amides is 3. The van der Waals surface area contributed by atoms with Gasteiger partial charge in [0.25, 0.3) is 5.91 Å². The van der Waals surface area contributed by atoms with Crippen molar-refractivity contribution in [2.24, 2.45) is 0 Å². The third kappa shape index (κ3) is 3.38. The molecule has 22 heavy (non-hydrogen) atoms. The summed E-state index contributed by atoms with van der Waals surface area (Å²) in [5.74, 6) is -1.19. The van der Waals surface area contributed by atoms with Gasteiger partial charge in [0.1, 0.15) is 6.04 Å². The predicted molar refractivity (Wildman–Crippen MR) is 86.1 cm³/mol. The van der Waals surface area contributed by atoms with E-state index < -0.39 is 6.04 Å². The fraction of sp³-hybridized carbons (Fsp3) is 0.438. The van der Waals surface area contributed by atoms with Crippen LogP contribution in [0.25, 0.3) is 0 Å². The molecule has 0 aliphatic carbocycles. The van der Waals surface area contributed by atoms with Crippen LogP contribution in [-0.2, 0) is 14.4 Å². The highest BCUT2D eigenvalue weighted by Gasteiger charge is 2.41. The molecular formula is C16H19BrN2O3. The fourth-order valence-corrected chi connectivity index (χ4v) is 2.77. The first-order valence-electron chi connectivity index (χ1n) is 7.23. The third-order valence-corrected chi connectivity index (χ3v) is 4.31. The largest absolute Gasteiger partial charge is 0.343 e. The number of nitrogens with one attached hydrogen (secondary N) is 1. The molecule has 0 aromatic heterocycles. The van der Waals surface area contributed by atoms with Crippen LogP contribution in [0.15, 0.2) is 28.7 Å². The van der Waals surface area contributed by atoms with Gasteiger partial charge in [0.05, 0.1) is 12.3 Å². The van der Waals surface area contributed by atoms with Gasteiger partial charge in [-0.3, -0.25) is 19.3 Å². The highest BCUT2D eigenvalue weighted by Crippen LogP contribution is 2.21. The highest BCUT2D eigenvalue weighted by atomic mass is 79.9. The Hall–Kier alpha value is -1.69. The van der Waals surface area contributed by atoms with E-state index in [9.17, 15) is 14.4 Å². The molecule has 1 fully saturated rings. The Kier molecular flexibility index (Phi) is 5.01.